The highest BCUT2D eigenvalue weighted by Crippen LogP contribution is 2.32. The van der Waals surface area contributed by atoms with E-state index in [0.29, 0.717) is 11.6 Å². The lowest BCUT2D eigenvalue weighted by molar-refractivity contribution is 0.0910. The molecular weight excluding hydrogens is 302 g/mol. The van der Waals surface area contributed by atoms with Crippen LogP contribution in [-0.4, -0.2) is 27.8 Å². The monoisotopic (exact) mass is 327 g/mol. The van der Waals surface area contributed by atoms with E-state index < -0.39 is 6.04 Å². The maximum absolute atomic E-state index is 12.7. The standard InChI is InChI=1S/C19H25N3O2/c1-2-13-8-6-7-11-15-17(13)21-22-18(15)19(24)20-16(12-23)14-9-4-3-5-10-14/h3-5,9-10,13,16,23H,2,6-8,11-12H2,1H3,(H,20,24)(H,21,22)/t13-,16-/m0/s1. The van der Waals surface area contributed by atoms with Crippen molar-refractivity contribution in [2.45, 2.75) is 51.0 Å². The van der Waals surface area contributed by atoms with E-state index in [4.69, 9.17) is 0 Å². The van der Waals surface area contributed by atoms with E-state index >= 15 is 0 Å². The van der Waals surface area contributed by atoms with Gasteiger partial charge in [-0.1, -0.05) is 43.7 Å². The number of aromatic amines is 1. The van der Waals surface area contributed by atoms with Crippen LogP contribution in [0.15, 0.2) is 30.3 Å². The molecule has 5 heteroatoms. The van der Waals surface area contributed by atoms with Gasteiger partial charge in [0.2, 0.25) is 0 Å². The first-order valence-corrected chi connectivity index (χ1v) is 8.78. The molecule has 3 rings (SSSR count). The number of H-pyrrole nitrogens is 1. The molecule has 1 heterocycles. The Hall–Kier alpha value is -2.14. The minimum Gasteiger partial charge on any atom is -0.394 e. The first-order valence-electron chi connectivity index (χ1n) is 8.78. The lowest BCUT2D eigenvalue weighted by atomic mass is 9.96. The molecule has 1 aliphatic rings. The Morgan fingerprint density at radius 1 is 1.38 bits per heavy atom. The highest BCUT2D eigenvalue weighted by atomic mass is 16.3. The van der Waals surface area contributed by atoms with Gasteiger partial charge in [0.05, 0.1) is 12.6 Å². The first kappa shape index (κ1) is 16.7. The molecule has 0 aliphatic heterocycles. The van der Waals surface area contributed by atoms with Crippen molar-refractivity contribution in [2.24, 2.45) is 0 Å². The normalized spacial score (nSPS) is 18.5. The third-order valence-corrected chi connectivity index (χ3v) is 4.93. The second-order valence-corrected chi connectivity index (χ2v) is 6.43. The predicted octanol–water partition coefficient (Wildman–Crippen LogP) is 3.09. The molecule has 128 valence electrons. The van der Waals surface area contributed by atoms with Crippen LogP contribution in [0.4, 0.5) is 0 Å². The van der Waals surface area contributed by atoms with Crippen LogP contribution in [0, 0.1) is 0 Å². The van der Waals surface area contributed by atoms with Crippen LogP contribution < -0.4 is 5.32 Å². The van der Waals surface area contributed by atoms with Crippen LogP contribution in [-0.2, 0) is 6.42 Å². The van der Waals surface area contributed by atoms with Crippen molar-refractivity contribution in [3.63, 3.8) is 0 Å². The fourth-order valence-electron chi connectivity index (χ4n) is 3.55. The fraction of sp³-hybridized carbons (Fsp3) is 0.474. The van der Waals surface area contributed by atoms with Gasteiger partial charge in [-0.2, -0.15) is 5.10 Å². The summed E-state index contributed by atoms with van der Waals surface area (Å²) in [7, 11) is 0. The lowest BCUT2D eigenvalue weighted by Crippen LogP contribution is -2.31. The molecule has 0 spiro atoms. The van der Waals surface area contributed by atoms with Gasteiger partial charge in [0.1, 0.15) is 0 Å². The second-order valence-electron chi connectivity index (χ2n) is 6.43. The zero-order valence-electron chi connectivity index (χ0n) is 14.1. The summed E-state index contributed by atoms with van der Waals surface area (Å²) < 4.78 is 0. The van der Waals surface area contributed by atoms with E-state index in [1.807, 2.05) is 30.3 Å². The van der Waals surface area contributed by atoms with Crippen molar-refractivity contribution in [3.8, 4) is 0 Å². The molecule has 1 aromatic heterocycles. The van der Waals surface area contributed by atoms with E-state index in [9.17, 15) is 9.90 Å². The molecule has 1 aliphatic carbocycles. The molecule has 0 unspecified atom stereocenters. The maximum atomic E-state index is 12.7. The number of aliphatic hydroxyl groups excluding tert-OH is 1. The van der Waals surface area contributed by atoms with Crippen LogP contribution in [0.5, 0.6) is 0 Å². The largest absolute Gasteiger partial charge is 0.394 e. The summed E-state index contributed by atoms with van der Waals surface area (Å²) in [6.07, 6.45) is 5.37. The van der Waals surface area contributed by atoms with E-state index in [1.54, 1.807) is 0 Å². The summed E-state index contributed by atoms with van der Waals surface area (Å²) >= 11 is 0. The van der Waals surface area contributed by atoms with Crippen LogP contribution in [0.2, 0.25) is 0 Å². The number of rotatable bonds is 5. The minimum absolute atomic E-state index is 0.139. The number of nitrogens with zero attached hydrogens (tertiary/aromatic N) is 1. The van der Waals surface area contributed by atoms with Crippen LogP contribution in [0.3, 0.4) is 0 Å². The Morgan fingerprint density at radius 2 is 2.17 bits per heavy atom. The van der Waals surface area contributed by atoms with Crippen LogP contribution in [0.25, 0.3) is 0 Å². The number of hydrogen-bond donors (Lipinski definition) is 3. The molecule has 2 atom stereocenters. The molecule has 1 amide bonds. The minimum atomic E-state index is -0.418. The van der Waals surface area contributed by atoms with Crippen LogP contribution >= 0.6 is 0 Å². The van der Waals surface area contributed by atoms with Gasteiger partial charge in [-0.05, 0) is 31.2 Å². The Labute approximate surface area is 142 Å². The van der Waals surface area contributed by atoms with Gasteiger partial charge in [0, 0.05) is 17.2 Å². The third kappa shape index (κ3) is 3.36. The molecule has 3 N–H and O–H groups in total. The van der Waals surface area contributed by atoms with Crippen molar-refractivity contribution < 1.29 is 9.90 Å². The molecule has 2 aromatic rings. The Morgan fingerprint density at radius 3 is 2.88 bits per heavy atom. The van der Waals surface area contributed by atoms with Crippen molar-refractivity contribution in [1.82, 2.24) is 15.5 Å². The summed E-state index contributed by atoms with van der Waals surface area (Å²) in [5.41, 5.74) is 3.56. The van der Waals surface area contributed by atoms with E-state index in [2.05, 4.69) is 22.4 Å². The average Bonchev–Trinajstić information content (AvgIpc) is 2.93. The number of nitrogens with one attached hydrogen (secondary N) is 2. The molecule has 0 saturated carbocycles. The number of aromatic nitrogens is 2. The van der Waals surface area contributed by atoms with E-state index in [0.717, 1.165) is 42.5 Å². The van der Waals surface area contributed by atoms with E-state index in [1.165, 1.54) is 6.42 Å². The molecule has 5 nitrogen and oxygen atoms in total. The summed E-state index contributed by atoms with van der Waals surface area (Å²) in [4.78, 5) is 12.7. The molecule has 0 fully saturated rings. The fourth-order valence-corrected chi connectivity index (χ4v) is 3.55. The SMILES string of the molecule is CC[C@H]1CCCCc2c(C(=O)N[C@@H](CO)c3ccccc3)n[nH]c21. The third-order valence-electron chi connectivity index (χ3n) is 4.93. The second kappa shape index (κ2) is 7.62. The number of carbonyl (C=O) groups is 1. The molecule has 0 radical (unpaired) electrons. The molecule has 24 heavy (non-hydrogen) atoms. The zero-order chi connectivity index (χ0) is 16.9. The van der Waals surface area contributed by atoms with Crippen molar-refractivity contribution in [1.29, 1.82) is 0 Å². The molecule has 1 aromatic carbocycles. The number of carbonyl (C=O) groups excluding carboxylic acids is 1. The van der Waals surface area contributed by atoms with Crippen LogP contribution in [0.1, 0.15) is 71.9 Å². The Kier molecular flexibility index (Phi) is 5.30. The Balaban J connectivity index is 1.82. The highest BCUT2D eigenvalue weighted by molar-refractivity contribution is 5.94. The smallest absolute Gasteiger partial charge is 0.272 e. The maximum Gasteiger partial charge on any atom is 0.272 e. The quantitative estimate of drug-likeness (QED) is 0.739. The predicted molar refractivity (Wildman–Crippen MR) is 92.9 cm³/mol. The number of benzene rings is 1. The van der Waals surface area contributed by atoms with Crippen molar-refractivity contribution >= 4 is 5.91 Å². The first-order chi connectivity index (χ1) is 11.7. The number of hydrogen-bond acceptors (Lipinski definition) is 3. The van der Waals surface area contributed by atoms with Crippen molar-refractivity contribution in [3.05, 3.63) is 52.8 Å². The van der Waals surface area contributed by atoms with Gasteiger partial charge in [-0.3, -0.25) is 9.89 Å². The zero-order valence-corrected chi connectivity index (χ0v) is 14.1. The Bertz CT molecular complexity index is 681. The topological polar surface area (TPSA) is 78.0 Å². The van der Waals surface area contributed by atoms with Gasteiger partial charge in [0.25, 0.3) is 5.91 Å². The van der Waals surface area contributed by atoms with Gasteiger partial charge in [0.15, 0.2) is 5.69 Å². The summed E-state index contributed by atoms with van der Waals surface area (Å²) in [6, 6.07) is 9.10. The van der Waals surface area contributed by atoms with Gasteiger partial charge in [-0.25, -0.2) is 0 Å². The molecule has 0 bridgehead atoms. The number of fused-ring (bicyclic) bond motifs is 1. The van der Waals surface area contributed by atoms with Gasteiger partial charge < -0.3 is 10.4 Å². The highest BCUT2D eigenvalue weighted by Gasteiger charge is 2.26. The van der Waals surface area contributed by atoms with Crippen molar-refractivity contribution in [2.75, 3.05) is 6.61 Å². The summed E-state index contributed by atoms with van der Waals surface area (Å²) in [6.45, 7) is 2.04. The number of amides is 1. The lowest BCUT2D eigenvalue weighted by Gasteiger charge is -2.16. The van der Waals surface area contributed by atoms with Gasteiger partial charge in [-0.15, -0.1) is 0 Å². The summed E-state index contributed by atoms with van der Waals surface area (Å²) in [5.74, 6) is 0.242. The molecule has 0 saturated heterocycles. The van der Waals surface area contributed by atoms with E-state index in [-0.39, 0.29) is 12.5 Å². The molecular formula is C19H25N3O2. The average molecular weight is 327 g/mol. The summed E-state index contributed by atoms with van der Waals surface area (Å²) in [5, 5.41) is 20.0. The number of aliphatic hydroxyl groups is 1. The van der Waals surface area contributed by atoms with Gasteiger partial charge >= 0.3 is 0 Å².